The van der Waals surface area contributed by atoms with Crippen molar-refractivity contribution in [3.8, 4) is 0 Å². The molecular formula is C25H37NO2. The lowest BCUT2D eigenvalue weighted by Crippen LogP contribution is -2.50. The number of carbonyl (C=O) groups is 2. The van der Waals surface area contributed by atoms with Crippen molar-refractivity contribution >= 4 is 11.6 Å². The van der Waals surface area contributed by atoms with Gasteiger partial charge in [0.1, 0.15) is 0 Å². The normalized spacial score (nSPS) is 35.9. The zero-order valence-electron chi connectivity index (χ0n) is 18.5. The third kappa shape index (κ3) is 3.65. The third-order valence-electron chi connectivity index (χ3n) is 8.01. The van der Waals surface area contributed by atoms with Crippen molar-refractivity contribution in [1.82, 2.24) is 5.32 Å². The Kier molecular flexibility index (Phi) is 5.76. The number of hydrogen-bond acceptors (Lipinski definition) is 3. The highest BCUT2D eigenvalue weighted by Crippen LogP contribution is 2.62. The smallest absolute Gasteiger partial charge is 0.205 e. The summed E-state index contributed by atoms with van der Waals surface area (Å²) in [5.41, 5.74) is 2.94. The van der Waals surface area contributed by atoms with Gasteiger partial charge in [0, 0.05) is 18.2 Å². The van der Waals surface area contributed by atoms with Crippen molar-refractivity contribution in [1.29, 1.82) is 0 Å². The number of rotatable bonds is 5. The quantitative estimate of drug-likeness (QED) is 0.512. The average Bonchev–Trinajstić information content (AvgIpc) is 2.62. The first-order valence-electron chi connectivity index (χ1n) is 11.0. The van der Waals surface area contributed by atoms with Crippen LogP contribution in [0.3, 0.4) is 0 Å². The number of carbonyl (C=O) groups excluding carboxylic acids is 2. The summed E-state index contributed by atoms with van der Waals surface area (Å²) in [6.45, 7) is 14.3. The number of Topliss-reactive ketones (excluding diaryl/α,β-unsaturated/α-hetero) is 1. The van der Waals surface area contributed by atoms with Crippen LogP contribution in [-0.2, 0) is 9.59 Å². The first-order chi connectivity index (χ1) is 13.1. The van der Waals surface area contributed by atoms with Gasteiger partial charge in [-0.1, -0.05) is 46.3 Å². The zero-order chi connectivity index (χ0) is 20.7. The molecule has 0 spiro atoms. The summed E-state index contributed by atoms with van der Waals surface area (Å²) in [7, 11) is 0. The molecule has 0 heterocycles. The van der Waals surface area contributed by atoms with Crippen LogP contribution in [0.2, 0.25) is 0 Å². The van der Waals surface area contributed by atoms with Crippen molar-refractivity contribution in [2.45, 2.75) is 73.6 Å². The molecule has 3 heteroatoms. The van der Waals surface area contributed by atoms with Crippen molar-refractivity contribution in [2.24, 2.45) is 28.6 Å². The van der Waals surface area contributed by atoms with Gasteiger partial charge in [0.25, 0.3) is 0 Å². The highest BCUT2D eigenvalue weighted by molar-refractivity contribution is 6.20. The molecule has 0 unspecified atom stereocenters. The predicted molar refractivity (Wildman–Crippen MR) is 115 cm³/mol. The molecule has 3 nitrogen and oxygen atoms in total. The van der Waals surface area contributed by atoms with Crippen LogP contribution in [-0.4, -0.2) is 18.1 Å². The van der Waals surface area contributed by atoms with E-state index < -0.39 is 0 Å². The molecule has 0 aromatic carbocycles. The highest BCUT2D eigenvalue weighted by atomic mass is 16.1. The lowest BCUT2D eigenvalue weighted by molar-refractivity contribution is -0.116. The summed E-state index contributed by atoms with van der Waals surface area (Å²) < 4.78 is 0. The Bertz CT molecular complexity index is 757. The minimum Gasteiger partial charge on any atom is -0.382 e. The predicted octanol–water partition coefficient (Wildman–Crippen LogP) is 5.38. The van der Waals surface area contributed by atoms with E-state index in [2.05, 4.69) is 52.9 Å². The van der Waals surface area contributed by atoms with E-state index in [1.54, 1.807) is 6.08 Å². The fraction of sp³-hybridized carbons (Fsp3) is 0.680. The van der Waals surface area contributed by atoms with Gasteiger partial charge in [-0.3, -0.25) is 9.59 Å². The first-order valence-corrected chi connectivity index (χ1v) is 11.0. The summed E-state index contributed by atoms with van der Waals surface area (Å²) in [6, 6.07) is 0. The molecule has 0 bridgehead atoms. The Morgan fingerprint density at radius 1 is 1.18 bits per heavy atom. The largest absolute Gasteiger partial charge is 0.382 e. The molecule has 0 saturated heterocycles. The fourth-order valence-corrected chi connectivity index (χ4v) is 5.86. The Morgan fingerprint density at radius 3 is 2.57 bits per heavy atom. The minimum absolute atomic E-state index is 0.0176. The maximum Gasteiger partial charge on any atom is 0.205 e. The zero-order valence-corrected chi connectivity index (χ0v) is 18.5. The molecule has 3 aliphatic rings. The third-order valence-corrected chi connectivity index (χ3v) is 8.01. The van der Waals surface area contributed by atoms with Gasteiger partial charge < -0.3 is 5.32 Å². The highest BCUT2D eigenvalue weighted by Gasteiger charge is 2.53. The first kappa shape index (κ1) is 21.1. The number of fused-ring (bicyclic) bond motifs is 1. The lowest BCUT2D eigenvalue weighted by Gasteiger charge is -2.58. The Balaban J connectivity index is 1.87. The van der Waals surface area contributed by atoms with Crippen molar-refractivity contribution in [2.75, 3.05) is 6.54 Å². The van der Waals surface area contributed by atoms with Gasteiger partial charge in [-0.2, -0.15) is 0 Å². The van der Waals surface area contributed by atoms with E-state index in [4.69, 9.17) is 0 Å². The van der Waals surface area contributed by atoms with Crippen LogP contribution in [0.15, 0.2) is 35.1 Å². The Morgan fingerprint density at radius 2 is 1.89 bits per heavy atom. The van der Waals surface area contributed by atoms with Crippen LogP contribution in [0.4, 0.5) is 0 Å². The van der Waals surface area contributed by atoms with Crippen LogP contribution in [0.1, 0.15) is 73.6 Å². The molecule has 28 heavy (non-hydrogen) atoms. The van der Waals surface area contributed by atoms with E-state index in [-0.39, 0.29) is 22.4 Å². The molecule has 3 rings (SSSR count). The number of allylic oxidation sites excluding steroid dienone is 5. The van der Waals surface area contributed by atoms with Gasteiger partial charge in [0.15, 0.2) is 5.78 Å². The molecule has 1 N–H and O–H groups in total. The molecule has 1 saturated carbocycles. The molecule has 0 amide bonds. The fourth-order valence-electron chi connectivity index (χ4n) is 5.86. The van der Waals surface area contributed by atoms with E-state index in [1.165, 1.54) is 30.9 Å². The molecule has 0 aliphatic heterocycles. The van der Waals surface area contributed by atoms with Crippen molar-refractivity contribution < 1.29 is 9.59 Å². The van der Waals surface area contributed by atoms with E-state index in [0.29, 0.717) is 42.0 Å². The maximum absolute atomic E-state index is 13.1. The minimum atomic E-state index is -0.0598. The lowest BCUT2D eigenvalue weighted by atomic mass is 9.46. The second-order valence-electron chi connectivity index (χ2n) is 10.3. The van der Waals surface area contributed by atoms with Crippen molar-refractivity contribution in [3.05, 3.63) is 35.1 Å². The number of nitrogens with one attached hydrogen (secondary N) is 1. The van der Waals surface area contributed by atoms with Gasteiger partial charge in [-0.05, 0) is 73.7 Å². The van der Waals surface area contributed by atoms with E-state index in [0.717, 1.165) is 6.42 Å². The average molecular weight is 384 g/mol. The van der Waals surface area contributed by atoms with E-state index in [9.17, 15) is 9.59 Å². The van der Waals surface area contributed by atoms with Crippen LogP contribution < -0.4 is 5.32 Å². The van der Waals surface area contributed by atoms with Gasteiger partial charge in [-0.25, -0.2) is 0 Å². The molecule has 4 atom stereocenters. The molecule has 0 aromatic heterocycles. The molecular weight excluding hydrogens is 346 g/mol. The van der Waals surface area contributed by atoms with Gasteiger partial charge in [0.05, 0.1) is 5.70 Å². The number of ketones is 2. The molecule has 1 fully saturated rings. The van der Waals surface area contributed by atoms with Crippen LogP contribution in [0.25, 0.3) is 0 Å². The molecule has 0 radical (unpaired) electrons. The standard InChI is InChI=1S/C25H37NO2/c1-16(2)15-26-21-13-20(27)12-19(23(21)28)14-25(6)18(4)10-11-24(5)17(3)8-7-9-22(24)25/h8,12-13,16,18,22,26H,7,9-11,14-15H2,1-6H3/t18-,22+,24+,25+/m0/s1. The SMILES string of the molecule is CC1=CCC[C@H]2[C@](C)(CC3=CC(=O)C=C(NCC(C)C)C3=O)[C@@H](C)CC[C@]12C. The summed E-state index contributed by atoms with van der Waals surface area (Å²) in [6.07, 6.45) is 10.9. The van der Waals surface area contributed by atoms with Crippen LogP contribution in [0.5, 0.6) is 0 Å². The number of hydrogen-bond donors (Lipinski definition) is 1. The summed E-state index contributed by atoms with van der Waals surface area (Å²) in [5, 5.41) is 3.20. The van der Waals surface area contributed by atoms with Gasteiger partial charge in [-0.15, -0.1) is 0 Å². The molecule has 0 aromatic rings. The second-order valence-corrected chi connectivity index (χ2v) is 10.3. The van der Waals surface area contributed by atoms with E-state index >= 15 is 0 Å². The maximum atomic E-state index is 13.1. The van der Waals surface area contributed by atoms with Crippen LogP contribution >= 0.6 is 0 Å². The molecule has 154 valence electrons. The molecule has 3 aliphatic carbocycles. The summed E-state index contributed by atoms with van der Waals surface area (Å²) in [5.74, 6) is 1.47. The summed E-state index contributed by atoms with van der Waals surface area (Å²) in [4.78, 5) is 25.5. The van der Waals surface area contributed by atoms with Crippen LogP contribution in [0, 0.1) is 28.6 Å². The Labute approximate surface area is 170 Å². The van der Waals surface area contributed by atoms with Gasteiger partial charge >= 0.3 is 0 Å². The monoisotopic (exact) mass is 383 g/mol. The second kappa shape index (κ2) is 7.65. The van der Waals surface area contributed by atoms with Gasteiger partial charge in [0.2, 0.25) is 5.78 Å². The topological polar surface area (TPSA) is 46.2 Å². The van der Waals surface area contributed by atoms with Crippen molar-refractivity contribution in [3.63, 3.8) is 0 Å². The Hall–Kier alpha value is -1.64. The summed E-state index contributed by atoms with van der Waals surface area (Å²) >= 11 is 0. The van der Waals surface area contributed by atoms with E-state index in [1.807, 2.05) is 0 Å².